The molecule has 0 saturated carbocycles. The Balaban J connectivity index is 2.64. The van der Waals surface area contributed by atoms with E-state index in [0.29, 0.717) is 10.2 Å². The molecule has 0 amide bonds. The van der Waals surface area contributed by atoms with Crippen molar-refractivity contribution in [2.75, 3.05) is 0 Å². The van der Waals surface area contributed by atoms with Crippen LogP contribution in [0, 0.1) is 5.41 Å². The zero-order valence-corrected chi connectivity index (χ0v) is 10.1. The molecule has 0 saturated heterocycles. The van der Waals surface area contributed by atoms with Crippen molar-refractivity contribution < 1.29 is 0 Å². The van der Waals surface area contributed by atoms with Gasteiger partial charge in [0.25, 0.3) is 0 Å². The van der Waals surface area contributed by atoms with E-state index in [1.807, 2.05) is 0 Å². The molecule has 0 spiro atoms. The lowest BCUT2D eigenvalue weighted by atomic mass is 9.88. The van der Waals surface area contributed by atoms with Crippen LogP contribution in [0.25, 0.3) is 0 Å². The number of hydrogen-bond acceptors (Lipinski definition) is 0. The fourth-order valence-corrected chi connectivity index (χ4v) is 2.59. The van der Waals surface area contributed by atoms with Gasteiger partial charge in [-0.1, -0.05) is 67.0 Å². The van der Waals surface area contributed by atoms with Gasteiger partial charge < -0.3 is 0 Å². The van der Waals surface area contributed by atoms with Crippen LogP contribution in [0.4, 0.5) is 0 Å². The Bertz CT molecular complexity index is 246. The van der Waals surface area contributed by atoms with Crippen molar-refractivity contribution in [3.8, 4) is 0 Å². The first kappa shape index (κ1) is 10.8. The van der Waals surface area contributed by atoms with Gasteiger partial charge in [-0.05, 0) is 17.4 Å². The van der Waals surface area contributed by atoms with Gasteiger partial charge in [0.15, 0.2) is 0 Å². The number of alkyl halides is 1. The van der Waals surface area contributed by atoms with E-state index < -0.39 is 0 Å². The number of hydrogen-bond donors (Lipinski definition) is 0. The Kier molecular flexibility index (Phi) is 3.55. The number of halogens is 1. The minimum atomic E-state index is 0.379. The summed E-state index contributed by atoms with van der Waals surface area (Å²) >= 11 is 3.72. The Hall–Kier alpha value is -0.300. The highest BCUT2D eigenvalue weighted by molar-refractivity contribution is 9.09. The molecular formula is C12H17Br. The minimum Gasteiger partial charge on any atom is -0.0839 e. The third-order valence-corrected chi connectivity index (χ3v) is 2.81. The third-order valence-electron chi connectivity index (χ3n) is 1.95. The van der Waals surface area contributed by atoms with Gasteiger partial charge in [-0.3, -0.25) is 0 Å². The Morgan fingerprint density at radius 1 is 1.15 bits per heavy atom. The average molecular weight is 241 g/mol. The Morgan fingerprint density at radius 3 is 2.15 bits per heavy atom. The van der Waals surface area contributed by atoms with Crippen LogP contribution in [0.5, 0.6) is 0 Å². The molecule has 0 aliphatic carbocycles. The first-order valence-electron chi connectivity index (χ1n) is 4.68. The van der Waals surface area contributed by atoms with E-state index in [4.69, 9.17) is 0 Å². The predicted octanol–water partition coefficient (Wildman–Crippen LogP) is 4.56. The van der Waals surface area contributed by atoms with E-state index >= 15 is 0 Å². The lowest BCUT2D eigenvalue weighted by Crippen LogP contribution is -2.08. The predicted molar refractivity (Wildman–Crippen MR) is 62.2 cm³/mol. The maximum absolute atomic E-state index is 3.72. The molecule has 1 aromatic carbocycles. The summed E-state index contributed by atoms with van der Waals surface area (Å²) in [6.45, 7) is 6.80. The first-order valence-corrected chi connectivity index (χ1v) is 5.60. The highest BCUT2D eigenvalue weighted by Crippen LogP contribution is 2.35. The molecule has 1 atom stereocenters. The summed E-state index contributed by atoms with van der Waals surface area (Å²) in [5.41, 5.74) is 1.75. The second-order valence-corrected chi connectivity index (χ2v) is 5.75. The quantitative estimate of drug-likeness (QED) is 0.666. The molecule has 0 aliphatic rings. The van der Waals surface area contributed by atoms with Crippen molar-refractivity contribution in [3.05, 3.63) is 35.9 Å². The molecule has 0 aromatic heterocycles. The van der Waals surface area contributed by atoms with Crippen molar-refractivity contribution in [2.24, 2.45) is 5.41 Å². The Labute approximate surface area is 89.5 Å². The van der Waals surface area contributed by atoms with Crippen LogP contribution >= 0.6 is 15.9 Å². The lowest BCUT2D eigenvalue weighted by Gasteiger charge is -2.22. The standard InChI is InChI=1S/C12H17Br/c1-12(2,3)9-11(13)10-7-5-4-6-8-10/h4-8,11H,9H2,1-3H3. The summed E-state index contributed by atoms with van der Waals surface area (Å²) < 4.78 is 0. The molecule has 72 valence electrons. The molecule has 1 rings (SSSR count). The summed E-state index contributed by atoms with van der Waals surface area (Å²) in [6, 6.07) is 10.6. The van der Waals surface area contributed by atoms with Crippen LogP contribution in [-0.4, -0.2) is 0 Å². The van der Waals surface area contributed by atoms with Crippen LogP contribution in [0.1, 0.15) is 37.6 Å². The van der Waals surface area contributed by atoms with E-state index in [1.54, 1.807) is 0 Å². The molecule has 0 N–H and O–H groups in total. The zero-order chi connectivity index (χ0) is 9.90. The molecule has 0 bridgehead atoms. The van der Waals surface area contributed by atoms with Gasteiger partial charge in [0.05, 0.1) is 0 Å². The number of benzene rings is 1. The van der Waals surface area contributed by atoms with Gasteiger partial charge in [0, 0.05) is 4.83 Å². The molecular weight excluding hydrogens is 224 g/mol. The monoisotopic (exact) mass is 240 g/mol. The average Bonchev–Trinajstić information content (AvgIpc) is 2.03. The maximum Gasteiger partial charge on any atom is 0.0400 e. The second kappa shape index (κ2) is 4.28. The Morgan fingerprint density at radius 2 is 1.69 bits per heavy atom. The van der Waals surface area contributed by atoms with E-state index in [-0.39, 0.29) is 0 Å². The molecule has 1 heteroatoms. The van der Waals surface area contributed by atoms with Crippen molar-refractivity contribution in [3.63, 3.8) is 0 Å². The van der Waals surface area contributed by atoms with E-state index in [0.717, 1.165) is 6.42 Å². The summed E-state index contributed by atoms with van der Waals surface area (Å²) in [4.78, 5) is 0.480. The van der Waals surface area contributed by atoms with Crippen LogP contribution in [0.3, 0.4) is 0 Å². The normalized spacial score (nSPS) is 14.2. The van der Waals surface area contributed by atoms with Gasteiger partial charge in [-0.25, -0.2) is 0 Å². The van der Waals surface area contributed by atoms with Crippen molar-refractivity contribution in [2.45, 2.75) is 32.0 Å². The topological polar surface area (TPSA) is 0 Å². The van der Waals surface area contributed by atoms with Crippen LogP contribution < -0.4 is 0 Å². The lowest BCUT2D eigenvalue weighted by molar-refractivity contribution is 0.377. The van der Waals surface area contributed by atoms with Gasteiger partial charge in [-0.2, -0.15) is 0 Å². The molecule has 0 nitrogen and oxygen atoms in total. The molecule has 0 heterocycles. The fourth-order valence-electron chi connectivity index (χ4n) is 1.32. The van der Waals surface area contributed by atoms with E-state index in [1.165, 1.54) is 5.56 Å². The molecule has 0 aliphatic heterocycles. The summed E-state index contributed by atoms with van der Waals surface area (Å²) in [6.07, 6.45) is 1.16. The van der Waals surface area contributed by atoms with Gasteiger partial charge in [-0.15, -0.1) is 0 Å². The maximum atomic E-state index is 3.72. The largest absolute Gasteiger partial charge is 0.0839 e. The third kappa shape index (κ3) is 3.95. The van der Waals surface area contributed by atoms with Crippen molar-refractivity contribution in [1.29, 1.82) is 0 Å². The SMILES string of the molecule is CC(C)(C)CC(Br)c1ccccc1. The van der Waals surface area contributed by atoms with Crippen molar-refractivity contribution >= 4 is 15.9 Å². The van der Waals surface area contributed by atoms with Crippen LogP contribution in [-0.2, 0) is 0 Å². The molecule has 0 fully saturated rings. The molecule has 0 radical (unpaired) electrons. The van der Waals surface area contributed by atoms with E-state index in [9.17, 15) is 0 Å². The number of rotatable bonds is 2. The highest BCUT2D eigenvalue weighted by Gasteiger charge is 2.17. The molecule has 1 aromatic rings. The van der Waals surface area contributed by atoms with Gasteiger partial charge >= 0.3 is 0 Å². The van der Waals surface area contributed by atoms with Gasteiger partial charge in [0.1, 0.15) is 0 Å². The van der Waals surface area contributed by atoms with Crippen LogP contribution in [0.2, 0.25) is 0 Å². The minimum absolute atomic E-state index is 0.379. The van der Waals surface area contributed by atoms with Gasteiger partial charge in [0.2, 0.25) is 0 Å². The summed E-state index contributed by atoms with van der Waals surface area (Å²) in [5.74, 6) is 0. The zero-order valence-electron chi connectivity index (χ0n) is 8.55. The summed E-state index contributed by atoms with van der Waals surface area (Å²) in [7, 11) is 0. The van der Waals surface area contributed by atoms with E-state index in [2.05, 4.69) is 67.0 Å². The van der Waals surface area contributed by atoms with Crippen molar-refractivity contribution in [1.82, 2.24) is 0 Å². The summed E-state index contributed by atoms with van der Waals surface area (Å²) in [5, 5.41) is 0. The smallest absolute Gasteiger partial charge is 0.0400 e. The molecule has 1 unspecified atom stereocenters. The first-order chi connectivity index (χ1) is 5.99. The molecule has 13 heavy (non-hydrogen) atoms. The fraction of sp³-hybridized carbons (Fsp3) is 0.500. The highest BCUT2D eigenvalue weighted by atomic mass is 79.9. The second-order valence-electron chi connectivity index (χ2n) is 4.64. The van der Waals surface area contributed by atoms with Crippen LogP contribution in [0.15, 0.2) is 30.3 Å².